The van der Waals surface area contributed by atoms with Crippen molar-refractivity contribution in [1.82, 2.24) is 9.97 Å². The van der Waals surface area contributed by atoms with Gasteiger partial charge in [-0.2, -0.15) is 0 Å². The Kier molecular flexibility index (Phi) is 4.30. The standard InChI is InChI=1S/C13H11BrClFN2/c1-2-3-13-17-11(7-12(14)18-13)8-4-9(15)6-10(16)5-8/h4-7H,2-3H2,1H3. The second kappa shape index (κ2) is 5.76. The van der Waals surface area contributed by atoms with Crippen LogP contribution >= 0.6 is 27.5 Å². The molecule has 2 rings (SSSR count). The van der Waals surface area contributed by atoms with Crippen LogP contribution in [-0.2, 0) is 6.42 Å². The highest BCUT2D eigenvalue weighted by molar-refractivity contribution is 9.10. The van der Waals surface area contributed by atoms with Gasteiger partial charge in [-0.3, -0.25) is 0 Å². The molecule has 0 fully saturated rings. The van der Waals surface area contributed by atoms with Gasteiger partial charge in [0.1, 0.15) is 16.2 Å². The molecule has 2 nitrogen and oxygen atoms in total. The third kappa shape index (κ3) is 3.27. The average molecular weight is 330 g/mol. The summed E-state index contributed by atoms with van der Waals surface area (Å²) in [4.78, 5) is 8.68. The molecular weight excluding hydrogens is 319 g/mol. The van der Waals surface area contributed by atoms with Gasteiger partial charge >= 0.3 is 0 Å². The maximum atomic E-state index is 13.3. The van der Waals surface area contributed by atoms with Gasteiger partial charge < -0.3 is 0 Å². The Balaban J connectivity index is 2.49. The molecular formula is C13H11BrClFN2. The Morgan fingerprint density at radius 2 is 2.00 bits per heavy atom. The maximum Gasteiger partial charge on any atom is 0.130 e. The third-order valence-corrected chi connectivity index (χ3v) is 3.00. The molecule has 0 spiro atoms. The fraction of sp³-hybridized carbons (Fsp3) is 0.231. The van der Waals surface area contributed by atoms with E-state index in [0.717, 1.165) is 18.7 Å². The van der Waals surface area contributed by atoms with Crippen LogP contribution in [-0.4, -0.2) is 9.97 Å². The van der Waals surface area contributed by atoms with Crippen molar-refractivity contribution in [2.45, 2.75) is 19.8 Å². The van der Waals surface area contributed by atoms with Crippen LogP contribution in [0, 0.1) is 5.82 Å². The van der Waals surface area contributed by atoms with E-state index in [1.807, 2.05) is 0 Å². The molecule has 0 bridgehead atoms. The molecule has 0 aliphatic heterocycles. The van der Waals surface area contributed by atoms with Crippen molar-refractivity contribution >= 4 is 27.5 Å². The quantitative estimate of drug-likeness (QED) is 0.766. The Labute approximate surface area is 118 Å². The lowest BCUT2D eigenvalue weighted by Gasteiger charge is -2.05. The lowest BCUT2D eigenvalue weighted by Crippen LogP contribution is -1.97. The number of benzene rings is 1. The molecule has 1 heterocycles. The van der Waals surface area contributed by atoms with E-state index < -0.39 is 0 Å². The molecule has 0 atom stereocenters. The minimum absolute atomic E-state index is 0.358. The highest BCUT2D eigenvalue weighted by Crippen LogP contribution is 2.24. The Bertz CT molecular complexity index is 555. The number of aryl methyl sites for hydroxylation is 1. The van der Waals surface area contributed by atoms with Crippen molar-refractivity contribution in [3.63, 3.8) is 0 Å². The minimum atomic E-state index is -0.371. The van der Waals surface area contributed by atoms with Crippen molar-refractivity contribution in [1.29, 1.82) is 0 Å². The zero-order valence-electron chi connectivity index (χ0n) is 9.75. The third-order valence-electron chi connectivity index (χ3n) is 2.37. The average Bonchev–Trinajstić information content (AvgIpc) is 2.27. The molecule has 18 heavy (non-hydrogen) atoms. The second-order valence-electron chi connectivity index (χ2n) is 3.90. The maximum absolute atomic E-state index is 13.3. The molecule has 0 saturated heterocycles. The molecule has 0 aliphatic carbocycles. The van der Waals surface area contributed by atoms with Crippen LogP contribution in [0.5, 0.6) is 0 Å². The molecule has 0 saturated carbocycles. The molecule has 0 N–H and O–H groups in total. The van der Waals surface area contributed by atoms with Crippen molar-refractivity contribution in [3.05, 3.63) is 45.5 Å². The van der Waals surface area contributed by atoms with E-state index in [2.05, 4.69) is 32.8 Å². The number of aromatic nitrogens is 2. The van der Waals surface area contributed by atoms with Crippen LogP contribution in [0.1, 0.15) is 19.2 Å². The predicted octanol–water partition coefficient (Wildman–Crippen LogP) is 4.65. The van der Waals surface area contributed by atoms with E-state index in [4.69, 9.17) is 11.6 Å². The summed E-state index contributed by atoms with van der Waals surface area (Å²) in [5, 5.41) is 0.358. The van der Waals surface area contributed by atoms with Gasteiger partial charge in [-0.1, -0.05) is 18.5 Å². The van der Waals surface area contributed by atoms with Crippen molar-refractivity contribution in [2.24, 2.45) is 0 Å². The Hall–Kier alpha value is -1.00. The van der Waals surface area contributed by atoms with Crippen molar-refractivity contribution < 1.29 is 4.39 Å². The SMILES string of the molecule is CCCc1nc(Br)cc(-c2cc(F)cc(Cl)c2)n1. The highest BCUT2D eigenvalue weighted by Gasteiger charge is 2.07. The first-order chi connectivity index (χ1) is 8.58. The molecule has 0 aliphatic rings. The Morgan fingerprint density at radius 3 is 2.67 bits per heavy atom. The summed E-state index contributed by atoms with van der Waals surface area (Å²) in [5.41, 5.74) is 1.32. The molecule has 1 aromatic carbocycles. The first kappa shape index (κ1) is 13.4. The Morgan fingerprint density at radius 1 is 1.22 bits per heavy atom. The molecule has 0 unspecified atom stereocenters. The van der Waals surface area contributed by atoms with Crippen LogP contribution in [0.25, 0.3) is 11.3 Å². The summed E-state index contributed by atoms with van der Waals surface area (Å²) in [5.74, 6) is 0.367. The molecule has 5 heteroatoms. The fourth-order valence-corrected chi connectivity index (χ4v) is 2.29. The molecule has 2 aromatic rings. The van der Waals surface area contributed by atoms with Crippen LogP contribution in [0.3, 0.4) is 0 Å². The monoisotopic (exact) mass is 328 g/mol. The zero-order valence-corrected chi connectivity index (χ0v) is 12.1. The number of hydrogen-bond donors (Lipinski definition) is 0. The lowest BCUT2D eigenvalue weighted by atomic mass is 10.1. The number of rotatable bonds is 3. The van der Waals surface area contributed by atoms with Crippen molar-refractivity contribution in [3.8, 4) is 11.3 Å². The first-order valence-corrected chi connectivity index (χ1v) is 6.75. The van der Waals surface area contributed by atoms with Gasteiger partial charge in [0.05, 0.1) is 5.69 Å². The summed E-state index contributed by atoms with van der Waals surface area (Å²) < 4.78 is 14.0. The summed E-state index contributed by atoms with van der Waals surface area (Å²) >= 11 is 9.19. The molecule has 0 radical (unpaired) electrons. The van der Waals surface area contributed by atoms with E-state index >= 15 is 0 Å². The molecule has 94 valence electrons. The second-order valence-corrected chi connectivity index (χ2v) is 5.15. The summed E-state index contributed by atoms with van der Waals surface area (Å²) in [6, 6.07) is 6.13. The summed E-state index contributed by atoms with van der Waals surface area (Å²) in [7, 11) is 0. The highest BCUT2D eigenvalue weighted by atomic mass is 79.9. The zero-order chi connectivity index (χ0) is 13.1. The minimum Gasteiger partial charge on any atom is -0.233 e. The normalized spacial score (nSPS) is 10.7. The number of halogens is 3. The van der Waals surface area contributed by atoms with E-state index in [9.17, 15) is 4.39 Å². The van der Waals surface area contributed by atoms with Crippen molar-refractivity contribution in [2.75, 3.05) is 0 Å². The van der Waals surface area contributed by atoms with E-state index in [0.29, 0.717) is 20.9 Å². The van der Waals surface area contributed by atoms with Crippen LogP contribution in [0.4, 0.5) is 4.39 Å². The van der Waals surface area contributed by atoms with Crippen LogP contribution in [0.15, 0.2) is 28.9 Å². The molecule has 0 amide bonds. The number of nitrogens with zero attached hydrogens (tertiary/aromatic N) is 2. The van der Waals surface area contributed by atoms with Gasteiger partial charge in [0, 0.05) is 17.0 Å². The fourth-order valence-electron chi connectivity index (χ4n) is 1.65. The predicted molar refractivity (Wildman–Crippen MR) is 74.1 cm³/mol. The largest absolute Gasteiger partial charge is 0.233 e. The summed E-state index contributed by atoms with van der Waals surface area (Å²) in [6.07, 6.45) is 1.75. The van der Waals surface area contributed by atoms with Gasteiger partial charge in [0.2, 0.25) is 0 Å². The van der Waals surface area contributed by atoms with Gasteiger partial charge in [-0.15, -0.1) is 0 Å². The number of hydrogen-bond acceptors (Lipinski definition) is 2. The van der Waals surface area contributed by atoms with E-state index in [1.165, 1.54) is 12.1 Å². The molecule has 1 aromatic heterocycles. The van der Waals surface area contributed by atoms with Gasteiger partial charge in [-0.25, -0.2) is 14.4 Å². The smallest absolute Gasteiger partial charge is 0.130 e. The lowest BCUT2D eigenvalue weighted by molar-refractivity contribution is 0.628. The van der Waals surface area contributed by atoms with Gasteiger partial charge in [0.15, 0.2) is 0 Å². The summed E-state index contributed by atoms with van der Waals surface area (Å²) in [6.45, 7) is 2.06. The van der Waals surface area contributed by atoms with Gasteiger partial charge in [0.25, 0.3) is 0 Å². The van der Waals surface area contributed by atoms with E-state index in [-0.39, 0.29) is 5.82 Å². The van der Waals surface area contributed by atoms with Crippen LogP contribution < -0.4 is 0 Å². The van der Waals surface area contributed by atoms with E-state index in [1.54, 1.807) is 12.1 Å². The van der Waals surface area contributed by atoms with Crippen LogP contribution in [0.2, 0.25) is 5.02 Å². The first-order valence-electron chi connectivity index (χ1n) is 5.58. The van der Waals surface area contributed by atoms with Gasteiger partial charge in [-0.05, 0) is 46.6 Å². The topological polar surface area (TPSA) is 25.8 Å².